The van der Waals surface area contributed by atoms with E-state index in [1.54, 1.807) is 48.5 Å². The monoisotopic (exact) mass is 447 g/mol. The van der Waals surface area contributed by atoms with E-state index in [0.717, 1.165) is 0 Å². The van der Waals surface area contributed by atoms with Crippen LogP contribution in [-0.2, 0) is 9.53 Å². The van der Waals surface area contributed by atoms with Gasteiger partial charge in [0.2, 0.25) is 11.7 Å². The molecule has 168 valence electrons. The molecular formula is C25H21NO7. The van der Waals surface area contributed by atoms with Gasteiger partial charge in [-0.05, 0) is 56.3 Å². The average Bonchev–Trinajstić information content (AvgIpc) is 3.47. The van der Waals surface area contributed by atoms with Crippen LogP contribution in [0.25, 0.3) is 6.08 Å². The second kappa shape index (κ2) is 9.86. The number of benzene rings is 2. The summed E-state index contributed by atoms with van der Waals surface area (Å²) in [5.41, 5.74) is 1.12. The molecule has 0 aliphatic carbocycles. The van der Waals surface area contributed by atoms with Gasteiger partial charge in [-0.3, -0.25) is 0 Å². The number of cyclic esters (lactones) is 1. The second-order valence-electron chi connectivity index (χ2n) is 6.77. The van der Waals surface area contributed by atoms with Crippen LogP contribution in [0.5, 0.6) is 17.2 Å². The van der Waals surface area contributed by atoms with Crippen molar-refractivity contribution < 1.29 is 33.0 Å². The molecule has 0 atom stereocenters. The number of ether oxygens (including phenoxy) is 4. The second-order valence-corrected chi connectivity index (χ2v) is 6.77. The smallest absolute Gasteiger partial charge is 0.379 e. The number of nitrogens with zero attached hydrogens (tertiary/aromatic N) is 1. The highest BCUT2D eigenvalue weighted by Crippen LogP contribution is 2.31. The zero-order valence-corrected chi connectivity index (χ0v) is 18.1. The average molecular weight is 447 g/mol. The van der Waals surface area contributed by atoms with E-state index in [-0.39, 0.29) is 23.1 Å². The molecule has 2 aromatic carbocycles. The van der Waals surface area contributed by atoms with E-state index < -0.39 is 11.9 Å². The maximum absolute atomic E-state index is 12.5. The van der Waals surface area contributed by atoms with Gasteiger partial charge in [0.25, 0.3) is 0 Å². The Morgan fingerprint density at radius 2 is 1.76 bits per heavy atom. The van der Waals surface area contributed by atoms with Crippen LogP contribution in [-0.4, -0.2) is 31.1 Å². The Labute approximate surface area is 190 Å². The number of esters is 2. The van der Waals surface area contributed by atoms with Gasteiger partial charge in [-0.2, -0.15) is 0 Å². The molecule has 0 saturated heterocycles. The van der Waals surface area contributed by atoms with E-state index >= 15 is 0 Å². The van der Waals surface area contributed by atoms with Crippen LogP contribution in [0.4, 0.5) is 0 Å². The summed E-state index contributed by atoms with van der Waals surface area (Å²) in [4.78, 5) is 29.1. The summed E-state index contributed by atoms with van der Waals surface area (Å²) >= 11 is 0. The molecule has 1 aliphatic rings. The summed E-state index contributed by atoms with van der Waals surface area (Å²) in [6, 6.07) is 15.1. The Morgan fingerprint density at radius 1 is 0.970 bits per heavy atom. The van der Waals surface area contributed by atoms with Gasteiger partial charge in [0.1, 0.15) is 5.75 Å². The lowest BCUT2D eigenvalue weighted by Gasteiger charge is -2.11. The van der Waals surface area contributed by atoms with E-state index in [1.807, 2.05) is 13.8 Å². The molecule has 0 spiro atoms. The molecule has 0 fully saturated rings. The van der Waals surface area contributed by atoms with E-state index in [1.165, 1.54) is 18.4 Å². The first-order chi connectivity index (χ1) is 16.1. The number of furan rings is 1. The molecule has 0 unspecified atom stereocenters. The minimum Gasteiger partial charge on any atom is -0.490 e. The maximum atomic E-state index is 12.5. The molecule has 2 heterocycles. The highest BCUT2D eigenvalue weighted by Gasteiger charge is 2.26. The van der Waals surface area contributed by atoms with Gasteiger partial charge in [0, 0.05) is 11.1 Å². The van der Waals surface area contributed by atoms with Crippen molar-refractivity contribution in [1.29, 1.82) is 0 Å². The summed E-state index contributed by atoms with van der Waals surface area (Å²) in [7, 11) is 0. The molecule has 0 radical (unpaired) electrons. The zero-order valence-electron chi connectivity index (χ0n) is 18.1. The summed E-state index contributed by atoms with van der Waals surface area (Å²) in [6.07, 6.45) is 2.88. The fourth-order valence-corrected chi connectivity index (χ4v) is 3.10. The molecule has 8 nitrogen and oxygen atoms in total. The van der Waals surface area contributed by atoms with Crippen molar-refractivity contribution in [1.82, 2.24) is 0 Å². The predicted molar refractivity (Wildman–Crippen MR) is 119 cm³/mol. The van der Waals surface area contributed by atoms with E-state index in [2.05, 4.69) is 4.99 Å². The third-order valence-corrected chi connectivity index (χ3v) is 4.55. The Bertz CT molecular complexity index is 1230. The van der Waals surface area contributed by atoms with E-state index in [4.69, 9.17) is 23.4 Å². The van der Waals surface area contributed by atoms with Crippen molar-refractivity contribution in [3.63, 3.8) is 0 Å². The van der Waals surface area contributed by atoms with Crippen LogP contribution >= 0.6 is 0 Å². The lowest BCUT2D eigenvalue weighted by atomic mass is 10.1. The van der Waals surface area contributed by atoms with Gasteiger partial charge >= 0.3 is 11.9 Å². The number of hydrogen-bond donors (Lipinski definition) is 0. The lowest BCUT2D eigenvalue weighted by molar-refractivity contribution is -0.129. The van der Waals surface area contributed by atoms with Crippen LogP contribution < -0.4 is 14.2 Å². The molecule has 4 rings (SSSR count). The topological polar surface area (TPSA) is 96.6 Å². The van der Waals surface area contributed by atoms with Crippen LogP contribution in [0.3, 0.4) is 0 Å². The van der Waals surface area contributed by atoms with Crippen molar-refractivity contribution in [2.45, 2.75) is 13.8 Å². The number of carbonyl (C=O) groups is 2. The third-order valence-electron chi connectivity index (χ3n) is 4.55. The third kappa shape index (κ3) is 4.95. The molecular weight excluding hydrogens is 426 g/mol. The van der Waals surface area contributed by atoms with Crippen molar-refractivity contribution in [2.24, 2.45) is 4.99 Å². The first-order valence-corrected chi connectivity index (χ1v) is 10.4. The quantitative estimate of drug-likeness (QED) is 0.282. The van der Waals surface area contributed by atoms with E-state index in [0.29, 0.717) is 35.8 Å². The largest absolute Gasteiger partial charge is 0.490 e. The Kier molecular flexibility index (Phi) is 6.54. The normalized spacial score (nSPS) is 14.1. The van der Waals surface area contributed by atoms with Gasteiger partial charge < -0.3 is 23.4 Å². The number of carbonyl (C=O) groups excluding carboxylic acids is 2. The number of para-hydroxylation sites is 1. The summed E-state index contributed by atoms with van der Waals surface area (Å²) in [6.45, 7) is 4.69. The molecule has 1 aromatic heterocycles. The summed E-state index contributed by atoms with van der Waals surface area (Å²) in [5, 5.41) is 0. The SMILES string of the molecule is CCOc1ccc(C2=N/C(=C\c3ccccc3OC(=O)c3ccco3)C(=O)O2)cc1OCC. The van der Waals surface area contributed by atoms with E-state index in [9.17, 15) is 9.59 Å². The minimum absolute atomic E-state index is 0.0679. The van der Waals surface area contributed by atoms with Crippen molar-refractivity contribution in [3.05, 3.63) is 83.4 Å². The van der Waals surface area contributed by atoms with Crippen molar-refractivity contribution in [3.8, 4) is 17.2 Å². The maximum Gasteiger partial charge on any atom is 0.379 e. The van der Waals surface area contributed by atoms with Crippen LogP contribution in [0.2, 0.25) is 0 Å². The lowest BCUT2D eigenvalue weighted by Crippen LogP contribution is -2.08. The standard InChI is InChI=1S/C25H21NO7/c1-3-29-20-12-11-17(15-22(20)30-4-2)23-26-18(24(27)33-23)14-16-8-5-6-9-19(16)32-25(28)21-10-7-13-31-21/h5-15H,3-4H2,1-2H3/b18-14-. The molecule has 0 amide bonds. The Balaban J connectivity index is 1.62. The first-order valence-electron chi connectivity index (χ1n) is 10.4. The Hall–Kier alpha value is -4.33. The molecule has 33 heavy (non-hydrogen) atoms. The van der Waals surface area contributed by atoms with Crippen LogP contribution in [0.15, 0.2) is 76.0 Å². The van der Waals surface area contributed by atoms with Gasteiger partial charge in [-0.25, -0.2) is 14.6 Å². The molecule has 0 saturated carbocycles. The molecule has 1 aliphatic heterocycles. The van der Waals surface area contributed by atoms with Crippen molar-refractivity contribution >= 4 is 23.9 Å². The van der Waals surface area contributed by atoms with Gasteiger partial charge in [0.05, 0.1) is 19.5 Å². The van der Waals surface area contributed by atoms with Crippen LogP contribution in [0.1, 0.15) is 35.5 Å². The molecule has 8 heteroatoms. The number of hydrogen-bond acceptors (Lipinski definition) is 8. The van der Waals surface area contributed by atoms with Gasteiger partial charge in [-0.1, -0.05) is 18.2 Å². The van der Waals surface area contributed by atoms with Gasteiger partial charge in [-0.15, -0.1) is 0 Å². The zero-order chi connectivity index (χ0) is 23.2. The molecule has 0 bridgehead atoms. The molecule has 0 N–H and O–H groups in total. The van der Waals surface area contributed by atoms with Crippen LogP contribution in [0, 0.1) is 0 Å². The first kappa shape index (κ1) is 21.9. The highest BCUT2D eigenvalue weighted by molar-refractivity contribution is 6.13. The van der Waals surface area contributed by atoms with Gasteiger partial charge in [0.15, 0.2) is 17.2 Å². The summed E-state index contributed by atoms with van der Waals surface area (Å²) < 4.78 is 27.1. The Morgan fingerprint density at radius 3 is 2.52 bits per heavy atom. The highest BCUT2D eigenvalue weighted by atomic mass is 16.6. The minimum atomic E-state index is -0.651. The molecule has 3 aromatic rings. The summed E-state index contributed by atoms with van der Waals surface area (Å²) in [5.74, 6) is 0.312. The number of aliphatic imine (C=N–C) groups is 1. The fourth-order valence-electron chi connectivity index (χ4n) is 3.10. The predicted octanol–water partition coefficient (Wildman–Crippen LogP) is 4.64. The fraction of sp³-hybridized carbons (Fsp3) is 0.160. The number of rotatable bonds is 8. The van der Waals surface area contributed by atoms with Crippen molar-refractivity contribution in [2.75, 3.05) is 13.2 Å².